The van der Waals surface area contributed by atoms with Crippen molar-refractivity contribution in [3.8, 4) is 0 Å². The summed E-state index contributed by atoms with van der Waals surface area (Å²) >= 11 is 0. The molecule has 0 heterocycles. The summed E-state index contributed by atoms with van der Waals surface area (Å²) in [5, 5.41) is 15.5. The van der Waals surface area contributed by atoms with E-state index in [9.17, 15) is 9.90 Å². The Kier molecular flexibility index (Phi) is 8.57. The molecule has 0 aromatic rings. The molecule has 1 rings (SSSR count). The Bertz CT molecular complexity index is 331. The molecule has 0 saturated heterocycles. The minimum absolute atomic E-state index is 0.0547. The topological polar surface area (TPSA) is 70.6 Å². The van der Waals surface area contributed by atoms with Crippen molar-refractivity contribution >= 4 is 5.91 Å². The van der Waals surface area contributed by atoms with Gasteiger partial charge in [-0.05, 0) is 38.5 Å². The first-order valence-electron chi connectivity index (χ1n) is 7.90. The van der Waals surface area contributed by atoms with Crippen molar-refractivity contribution in [3.63, 3.8) is 0 Å². The first-order valence-corrected chi connectivity index (χ1v) is 7.90. The lowest BCUT2D eigenvalue weighted by molar-refractivity contribution is -0.120. The largest absolute Gasteiger partial charge is 0.389 e. The van der Waals surface area contributed by atoms with E-state index in [2.05, 4.69) is 29.7 Å². The van der Waals surface area contributed by atoms with Crippen LogP contribution in [0.1, 0.15) is 33.6 Å². The van der Waals surface area contributed by atoms with Crippen molar-refractivity contribution in [2.24, 2.45) is 11.8 Å². The molecule has 122 valence electrons. The van der Waals surface area contributed by atoms with Crippen molar-refractivity contribution < 1.29 is 14.6 Å². The summed E-state index contributed by atoms with van der Waals surface area (Å²) < 4.78 is 5.60. The van der Waals surface area contributed by atoms with Crippen LogP contribution in [-0.2, 0) is 9.53 Å². The summed E-state index contributed by atoms with van der Waals surface area (Å²) in [6.07, 6.45) is 6.03. The molecule has 3 atom stereocenters. The summed E-state index contributed by atoms with van der Waals surface area (Å²) in [5.74, 6) is 1.14. The number of carbonyl (C=O) groups excluding carboxylic acids is 1. The van der Waals surface area contributed by atoms with Gasteiger partial charge >= 0.3 is 0 Å². The second kappa shape index (κ2) is 9.92. The van der Waals surface area contributed by atoms with Gasteiger partial charge in [0, 0.05) is 12.6 Å². The van der Waals surface area contributed by atoms with Crippen molar-refractivity contribution in [3.05, 3.63) is 12.2 Å². The molecule has 5 heteroatoms. The highest BCUT2D eigenvalue weighted by Crippen LogP contribution is 2.24. The van der Waals surface area contributed by atoms with E-state index in [1.807, 2.05) is 13.8 Å². The lowest BCUT2D eigenvalue weighted by atomic mass is 9.85. The van der Waals surface area contributed by atoms with Crippen molar-refractivity contribution in [1.82, 2.24) is 10.6 Å². The van der Waals surface area contributed by atoms with Crippen molar-refractivity contribution in [2.45, 2.75) is 45.8 Å². The minimum Gasteiger partial charge on any atom is -0.389 e. The zero-order valence-electron chi connectivity index (χ0n) is 13.5. The minimum atomic E-state index is -0.578. The van der Waals surface area contributed by atoms with Gasteiger partial charge in [0.15, 0.2) is 0 Å². The molecule has 1 aliphatic rings. The van der Waals surface area contributed by atoms with Gasteiger partial charge < -0.3 is 20.5 Å². The number of carbonyl (C=O) groups is 1. The molecular formula is C16H30N2O3. The van der Waals surface area contributed by atoms with Crippen LogP contribution in [0.25, 0.3) is 0 Å². The fourth-order valence-corrected chi connectivity index (χ4v) is 2.38. The van der Waals surface area contributed by atoms with Gasteiger partial charge in [-0.1, -0.05) is 19.1 Å². The molecule has 0 saturated carbocycles. The third-order valence-corrected chi connectivity index (χ3v) is 3.68. The normalized spacial score (nSPS) is 23.3. The van der Waals surface area contributed by atoms with Gasteiger partial charge in [-0.2, -0.15) is 0 Å². The van der Waals surface area contributed by atoms with Gasteiger partial charge in [0.1, 0.15) is 0 Å². The first kappa shape index (κ1) is 18.1. The molecule has 1 amide bonds. The van der Waals surface area contributed by atoms with Crippen LogP contribution in [-0.4, -0.2) is 49.5 Å². The van der Waals surface area contributed by atoms with Gasteiger partial charge in [0.05, 0.1) is 25.9 Å². The quantitative estimate of drug-likeness (QED) is 0.557. The molecular weight excluding hydrogens is 268 g/mol. The van der Waals surface area contributed by atoms with E-state index < -0.39 is 6.10 Å². The summed E-state index contributed by atoms with van der Waals surface area (Å²) in [6.45, 7) is 7.67. The third kappa shape index (κ3) is 8.19. The standard InChI is InChI=1S/C16H30N2O3/c1-12(2)18-16(20)9-17-8-15(19)11-21-10-14-7-5-4-6-13(14)3/h4-5,12-15,17,19H,6-11H2,1-3H3,(H,18,20). The number of aliphatic hydroxyl groups is 1. The first-order chi connectivity index (χ1) is 9.99. The summed E-state index contributed by atoms with van der Waals surface area (Å²) in [4.78, 5) is 11.4. The molecule has 0 bridgehead atoms. The van der Waals surface area contributed by atoms with E-state index >= 15 is 0 Å². The molecule has 21 heavy (non-hydrogen) atoms. The Morgan fingerprint density at radius 2 is 2.10 bits per heavy atom. The van der Waals surface area contributed by atoms with E-state index in [1.54, 1.807) is 0 Å². The van der Waals surface area contributed by atoms with Crippen LogP contribution in [0.2, 0.25) is 0 Å². The summed E-state index contributed by atoms with van der Waals surface area (Å²) in [5.41, 5.74) is 0. The molecule has 0 spiro atoms. The predicted molar refractivity (Wildman–Crippen MR) is 84.0 cm³/mol. The van der Waals surface area contributed by atoms with Crippen LogP contribution in [0.5, 0.6) is 0 Å². The highest BCUT2D eigenvalue weighted by Gasteiger charge is 2.18. The van der Waals surface area contributed by atoms with Gasteiger partial charge in [0.2, 0.25) is 5.91 Å². The van der Waals surface area contributed by atoms with Crippen molar-refractivity contribution in [2.75, 3.05) is 26.3 Å². The van der Waals surface area contributed by atoms with Crippen LogP contribution < -0.4 is 10.6 Å². The second-order valence-electron chi connectivity index (χ2n) is 6.22. The zero-order chi connectivity index (χ0) is 15.7. The highest BCUT2D eigenvalue weighted by molar-refractivity contribution is 5.78. The van der Waals surface area contributed by atoms with Crippen LogP contribution >= 0.6 is 0 Å². The van der Waals surface area contributed by atoms with E-state index in [-0.39, 0.29) is 18.5 Å². The number of hydrogen-bond acceptors (Lipinski definition) is 4. The molecule has 0 fully saturated rings. The van der Waals surface area contributed by atoms with E-state index in [0.717, 1.165) is 12.8 Å². The van der Waals surface area contributed by atoms with E-state index in [0.29, 0.717) is 31.6 Å². The van der Waals surface area contributed by atoms with Crippen molar-refractivity contribution in [1.29, 1.82) is 0 Å². The Labute approximate surface area is 128 Å². The molecule has 0 aromatic heterocycles. The number of allylic oxidation sites excluding steroid dienone is 2. The number of nitrogens with one attached hydrogen (secondary N) is 2. The second-order valence-corrected chi connectivity index (χ2v) is 6.22. The Hall–Kier alpha value is -0.910. The molecule has 3 unspecified atom stereocenters. The molecule has 0 aromatic carbocycles. The average Bonchev–Trinajstić information content (AvgIpc) is 2.40. The molecule has 5 nitrogen and oxygen atoms in total. The number of aliphatic hydroxyl groups excluding tert-OH is 1. The number of hydrogen-bond donors (Lipinski definition) is 3. The Morgan fingerprint density at radius 1 is 1.38 bits per heavy atom. The Morgan fingerprint density at radius 3 is 2.76 bits per heavy atom. The smallest absolute Gasteiger partial charge is 0.234 e. The SMILES string of the molecule is CC(C)NC(=O)CNCC(O)COCC1CC=CCC1C. The fraction of sp³-hybridized carbons (Fsp3) is 0.812. The van der Waals surface area contributed by atoms with Crippen LogP contribution in [0, 0.1) is 11.8 Å². The third-order valence-electron chi connectivity index (χ3n) is 3.68. The molecule has 1 aliphatic carbocycles. The molecule has 3 N–H and O–H groups in total. The van der Waals surface area contributed by atoms with E-state index in [1.165, 1.54) is 0 Å². The predicted octanol–water partition coefficient (Wildman–Crippen LogP) is 1.08. The fourth-order valence-electron chi connectivity index (χ4n) is 2.38. The van der Waals surface area contributed by atoms with Gasteiger partial charge in [-0.25, -0.2) is 0 Å². The maximum Gasteiger partial charge on any atom is 0.234 e. The summed E-state index contributed by atoms with van der Waals surface area (Å²) in [6, 6.07) is 0.138. The Balaban J connectivity index is 2.04. The average molecular weight is 298 g/mol. The van der Waals surface area contributed by atoms with Crippen LogP contribution in [0.4, 0.5) is 0 Å². The number of rotatable bonds is 9. The van der Waals surface area contributed by atoms with Gasteiger partial charge in [-0.15, -0.1) is 0 Å². The van der Waals surface area contributed by atoms with E-state index in [4.69, 9.17) is 4.74 Å². The molecule has 0 radical (unpaired) electrons. The monoisotopic (exact) mass is 298 g/mol. The highest BCUT2D eigenvalue weighted by atomic mass is 16.5. The lowest BCUT2D eigenvalue weighted by Crippen LogP contribution is -2.40. The zero-order valence-corrected chi connectivity index (χ0v) is 13.5. The van der Waals surface area contributed by atoms with Gasteiger partial charge in [-0.3, -0.25) is 4.79 Å². The maximum atomic E-state index is 11.4. The number of ether oxygens (including phenoxy) is 1. The lowest BCUT2D eigenvalue weighted by Gasteiger charge is -2.25. The van der Waals surface area contributed by atoms with Crippen LogP contribution in [0.3, 0.4) is 0 Å². The molecule has 0 aliphatic heterocycles. The van der Waals surface area contributed by atoms with Gasteiger partial charge in [0.25, 0.3) is 0 Å². The summed E-state index contributed by atoms with van der Waals surface area (Å²) in [7, 11) is 0. The number of amides is 1. The maximum absolute atomic E-state index is 11.4. The van der Waals surface area contributed by atoms with Crippen LogP contribution in [0.15, 0.2) is 12.2 Å².